The number of unbranched alkanes of at least 4 members (excludes halogenated alkanes) is 9. The number of carboxylic acids is 4. The number of hydrogen-bond donors (Lipinski definition) is 4. The van der Waals surface area contributed by atoms with E-state index in [0.717, 1.165) is 19.3 Å². The van der Waals surface area contributed by atoms with Crippen molar-refractivity contribution in [2.75, 3.05) is 0 Å². The van der Waals surface area contributed by atoms with Crippen molar-refractivity contribution in [3.05, 3.63) is 0 Å². The molecule has 0 amide bonds. The molecule has 0 rings (SSSR count). The maximum atomic E-state index is 10.9. The smallest absolute Gasteiger partial charge is 0.307 e. The maximum Gasteiger partial charge on any atom is 0.307 e. The number of aliphatic carboxylic acids is 4. The molecule has 0 aliphatic heterocycles. The molecule has 0 heterocycles. The maximum absolute atomic E-state index is 10.9. The lowest BCUT2D eigenvalue weighted by Crippen LogP contribution is -2.17. The van der Waals surface area contributed by atoms with Crippen LogP contribution in [0.2, 0.25) is 0 Å². The van der Waals surface area contributed by atoms with Crippen LogP contribution in [-0.4, -0.2) is 44.3 Å². The second kappa shape index (κ2) is 19.6. The van der Waals surface area contributed by atoms with Gasteiger partial charge in [-0.2, -0.15) is 0 Å². The molecule has 1 unspecified atom stereocenters. The van der Waals surface area contributed by atoms with Crippen LogP contribution in [0.3, 0.4) is 0 Å². The molecule has 28 heavy (non-hydrogen) atoms. The van der Waals surface area contributed by atoms with Gasteiger partial charge in [-0.3, -0.25) is 19.2 Å². The Balaban J connectivity index is 0. The Morgan fingerprint density at radius 2 is 1.00 bits per heavy atom. The Morgan fingerprint density at radius 3 is 1.32 bits per heavy atom. The van der Waals surface area contributed by atoms with Gasteiger partial charge in [0.2, 0.25) is 0 Å². The number of carbonyl (C=O) groups is 4. The van der Waals surface area contributed by atoms with E-state index in [1.807, 2.05) is 0 Å². The first kappa shape index (κ1) is 28.1. The second-order valence-electron chi connectivity index (χ2n) is 6.89. The molecule has 4 N–H and O–H groups in total. The number of carboxylic acid groups (broad SMARTS) is 4. The van der Waals surface area contributed by atoms with Crippen LogP contribution >= 0.6 is 0 Å². The normalized spacial score (nSPS) is 11.2. The molecule has 164 valence electrons. The second-order valence-corrected chi connectivity index (χ2v) is 6.89. The molecule has 0 spiro atoms. The van der Waals surface area contributed by atoms with E-state index in [4.69, 9.17) is 20.4 Å². The van der Waals surface area contributed by atoms with Gasteiger partial charge in [-0.1, -0.05) is 71.1 Å². The van der Waals surface area contributed by atoms with Crippen molar-refractivity contribution in [3.63, 3.8) is 0 Å². The summed E-state index contributed by atoms with van der Waals surface area (Å²) in [6.45, 7) is 2.22. The average molecular weight is 405 g/mol. The van der Waals surface area contributed by atoms with Crippen molar-refractivity contribution >= 4 is 23.9 Å². The van der Waals surface area contributed by atoms with Gasteiger partial charge in [0.1, 0.15) is 0 Å². The summed E-state index contributed by atoms with van der Waals surface area (Å²) in [6, 6.07) is 0. The molecule has 0 bridgehead atoms. The minimum Gasteiger partial charge on any atom is -0.481 e. The van der Waals surface area contributed by atoms with Gasteiger partial charge in [0.05, 0.1) is 25.2 Å². The first-order chi connectivity index (χ1) is 13.2. The highest BCUT2D eigenvalue weighted by Crippen LogP contribution is 2.16. The summed E-state index contributed by atoms with van der Waals surface area (Å²) in [7, 11) is 0. The van der Waals surface area contributed by atoms with Crippen molar-refractivity contribution in [1.82, 2.24) is 0 Å². The van der Waals surface area contributed by atoms with Crippen LogP contribution in [0.25, 0.3) is 0 Å². The van der Waals surface area contributed by atoms with E-state index in [1.165, 1.54) is 44.9 Å². The Morgan fingerprint density at radius 1 is 0.607 bits per heavy atom. The van der Waals surface area contributed by atoms with Gasteiger partial charge >= 0.3 is 23.9 Å². The Bertz CT molecular complexity index is 433. The summed E-state index contributed by atoms with van der Waals surface area (Å²) in [5.41, 5.74) is 0. The number of rotatable bonds is 17. The van der Waals surface area contributed by atoms with Crippen LogP contribution in [0.5, 0.6) is 0 Å². The summed E-state index contributed by atoms with van der Waals surface area (Å²) in [6.07, 6.45) is 11.7. The van der Waals surface area contributed by atoms with E-state index in [1.54, 1.807) is 0 Å². The Hall–Kier alpha value is -2.12. The molecular formula is C20H36O8. The van der Waals surface area contributed by atoms with Gasteiger partial charge in [0, 0.05) is 0 Å². The molecule has 0 fully saturated rings. The van der Waals surface area contributed by atoms with E-state index in [0.29, 0.717) is 6.42 Å². The molecule has 0 saturated carbocycles. The van der Waals surface area contributed by atoms with Crippen LogP contribution in [0, 0.1) is 5.92 Å². The van der Waals surface area contributed by atoms with Crippen LogP contribution in [0.4, 0.5) is 0 Å². The molecule has 0 saturated heterocycles. The highest BCUT2D eigenvalue weighted by molar-refractivity contribution is 5.77. The zero-order valence-corrected chi connectivity index (χ0v) is 16.9. The molecule has 0 aliphatic carbocycles. The molecule has 0 aliphatic rings. The van der Waals surface area contributed by atoms with Crippen LogP contribution in [0.15, 0.2) is 0 Å². The van der Waals surface area contributed by atoms with Crippen molar-refractivity contribution < 1.29 is 39.6 Å². The van der Waals surface area contributed by atoms with Gasteiger partial charge in [-0.05, 0) is 6.42 Å². The van der Waals surface area contributed by atoms with Gasteiger partial charge in [-0.15, -0.1) is 0 Å². The highest BCUT2D eigenvalue weighted by Gasteiger charge is 2.20. The molecule has 0 aromatic carbocycles. The van der Waals surface area contributed by atoms with Gasteiger partial charge in [-0.25, -0.2) is 0 Å². The monoisotopic (exact) mass is 404 g/mol. The lowest BCUT2D eigenvalue weighted by molar-refractivity contribution is -0.148. The summed E-state index contributed by atoms with van der Waals surface area (Å²) in [5.74, 6) is -4.88. The molecular weight excluding hydrogens is 368 g/mol. The zero-order valence-electron chi connectivity index (χ0n) is 16.9. The number of hydrogen-bond acceptors (Lipinski definition) is 4. The van der Waals surface area contributed by atoms with E-state index in [9.17, 15) is 19.2 Å². The fraction of sp³-hybridized carbons (Fsp3) is 0.800. The Labute approximate surface area is 167 Å². The van der Waals surface area contributed by atoms with Crippen molar-refractivity contribution in [1.29, 1.82) is 0 Å². The standard InChI is InChI=1S/C16H30O4.C4H6O4/c1-2-3-4-5-6-7-8-9-10-11-12-14(16(19)20)13-15(17)18;5-3(6)1-2-4(7)8/h14H,2-13H2,1H3,(H,17,18)(H,19,20);1-2H2,(H,5,6)(H,7,8). The lowest BCUT2D eigenvalue weighted by Gasteiger charge is -2.09. The predicted molar refractivity (Wildman–Crippen MR) is 104 cm³/mol. The lowest BCUT2D eigenvalue weighted by atomic mass is 9.97. The van der Waals surface area contributed by atoms with Gasteiger partial charge in [0.25, 0.3) is 0 Å². The van der Waals surface area contributed by atoms with E-state index in [2.05, 4.69) is 6.92 Å². The van der Waals surface area contributed by atoms with Gasteiger partial charge < -0.3 is 20.4 Å². The Kier molecular flexibility index (Phi) is 19.7. The first-order valence-corrected chi connectivity index (χ1v) is 10.1. The van der Waals surface area contributed by atoms with Crippen LogP contribution < -0.4 is 0 Å². The predicted octanol–water partition coefficient (Wildman–Crippen LogP) is 4.41. The van der Waals surface area contributed by atoms with E-state index in [-0.39, 0.29) is 19.3 Å². The molecule has 0 aromatic heterocycles. The summed E-state index contributed by atoms with van der Waals surface area (Å²) < 4.78 is 0. The van der Waals surface area contributed by atoms with Crippen molar-refractivity contribution in [3.8, 4) is 0 Å². The van der Waals surface area contributed by atoms with E-state index >= 15 is 0 Å². The highest BCUT2D eigenvalue weighted by atomic mass is 16.4. The van der Waals surface area contributed by atoms with Crippen LogP contribution in [-0.2, 0) is 19.2 Å². The third-order valence-electron chi connectivity index (χ3n) is 4.23. The van der Waals surface area contributed by atoms with Crippen molar-refractivity contribution in [2.24, 2.45) is 5.92 Å². The van der Waals surface area contributed by atoms with Gasteiger partial charge in [0.15, 0.2) is 0 Å². The fourth-order valence-corrected chi connectivity index (χ4v) is 2.62. The fourth-order valence-electron chi connectivity index (χ4n) is 2.62. The summed E-state index contributed by atoms with van der Waals surface area (Å²) in [4.78, 5) is 40.7. The van der Waals surface area contributed by atoms with Crippen molar-refractivity contribution in [2.45, 2.75) is 96.8 Å². The summed E-state index contributed by atoms with van der Waals surface area (Å²) in [5, 5.41) is 33.3. The topological polar surface area (TPSA) is 149 Å². The zero-order chi connectivity index (χ0) is 21.8. The largest absolute Gasteiger partial charge is 0.481 e. The van der Waals surface area contributed by atoms with Crippen LogP contribution in [0.1, 0.15) is 96.8 Å². The quantitative estimate of drug-likeness (QED) is 0.260. The molecule has 0 aromatic rings. The average Bonchev–Trinajstić information content (AvgIpc) is 2.60. The molecule has 1 atom stereocenters. The molecule has 8 nitrogen and oxygen atoms in total. The minimum atomic E-state index is -1.08. The minimum absolute atomic E-state index is 0.257. The summed E-state index contributed by atoms with van der Waals surface area (Å²) >= 11 is 0. The third-order valence-corrected chi connectivity index (χ3v) is 4.23. The third kappa shape index (κ3) is 23.9. The molecule has 0 radical (unpaired) electrons. The first-order valence-electron chi connectivity index (χ1n) is 10.1. The van der Waals surface area contributed by atoms with E-state index < -0.39 is 29.8 Å². The molecule has 8 heteroatoms. The SMILES string of the molecule is CCCCCCCCCCCCC(CC(=O)O)C(=O)O.O=C(O)CCC(=O)O.